The van der Waals surface area contributed by atoms with Gasteiger partial charge in [0.25, 0.3) is 0 Å². The van der Waals surface area contributed by atoms with E-state index in [2.05, 4.69) is 15.0 Å². The third kappa shape index (κ3) is 1.93. The number of ether oxygens (including phenoxy) is 2. The van der Waals surface area contributed by atoms with Crippen molar-refractivity contribution in [2.75, 3.05) is 13.7 Å². The van der Waals surface area contributed by atoms with Crippen LogP contribution in [0.1, 0.15) is 12.6 Å². The zero-order valence-electron chi connectivity index (χ0n) is 10.3. The average Bonchev–Trinajstić information content (AvgIpc) is 3.01. The van der Waals surface area contributed by atoms with Crippen LogP contribution in [0.2, 0.25) is 0 Å². The van der Waals surface area contributed by atoms with Crippen molar-refractivity contribution < 1.29 is 19.7 Å². The first kappa shape index (κ1) is 12.3. The van der Waals surface area contributed by atoms with Crippen molar-refractivity contribution in [3.63, 3.8) is 0 Å². The van der Waals surface area contributed by atoms with Crippen molar-refractivity contribution in [2.24, 2.45) is 0 Å². The molecule has 102 valence electrons. The van der Waals surface area contributed by atoms with Crippen LogP contribution in [0.5, 0.6) is 5.88 Å². The van der Waals surface area contributed by atoms with E-state index in [1.807, 2.05) is 0 Å². The molecule has 3 atom stereocenters. The highest BCUT2D eigenvalue weighted by molar-refractivity contribution is 5.75. The summed E-state index contributed by atoms with van der Waals surface area (Å²) in [7, 11) is 1.51. The predicted molar refractivity (Wildman–Crippen MR) is 63.5 cm³/mol. The van der Waals surface area contributed by atoms with Crippen molar-refractivity contribution in [3.8, 4) is 5.88 Å². The summed E-state index contributed by atoms with van der Waals surface area (Å²) < 4.78 is 12.4. The number of hydrogen-bond donors (Lipinski definition) is 2. The molecule has 2 N–H and O–H groups in total. The smallest absolute Gasteiger partial charge is 0.245 e. The third-order valence-electron chi connectivity index (χ3n) is 3.21. The molecule has 0 spiro atoms. The second kappa shape index (κ2) is 4.72. The van der Waals surface area contributed by atoms with Crippen LogP contribution in [-0.2, 0) is 4.74 Å². The minimum atomic E-state index is -0.698. The Bertz CT molecular complexity index is 587. The fraction of sp³-hybridized carbons (Fsp3) is 0.545. The average molecular weight is 266 g/mol. The highest BCUT2D eigenvalue weighted by Gasteiger charge is 2.35. The Hall–Kier alpha value is -1.77. The van der Waals surface area contributed by atoms with E-state index in [0.29, 0.717) is 23.5 Å². The maximum Gasteiger partial charge on any atom is 0.245 e. The molecule has 1 saturated heterocycles. The summed E-state index contributed by atoms with van der Waals surface area (Å²) in [5.74, 6) is 0.390. The van der Waals surface area contributed by atoms with Crippen LogP contribution < -0.4 is 4.74 Å². The Morgan fingerprint density at radius 3 is 3.00 bits per heavy atom. The first-order chi connectivity index (χ1) is 9.24. The van der Waals surface area contributed by atoms with Crippen LogP contribution >= 0.6 is 0 Å². The van der Waals surface area contributed by atoms with E-state index in [1.165, 1.54) is 13.4 Å². The van der Waals surface area contributed by atoms with Crippen LogP contribution in [0.4, 0.5) is 0 Å². The highest BCUT2D eigenvalue weighted by atomic mass is 16.5. The lowest BCUT2D eigenvalue weighted by Crippen LogP contribution is -2.24. The molecule has 3 heterocycles. The van der Waals surface area contributed by atoms with Crippen molar-refractivity contribution in [1.29, 1.82) is 0 Å². The molecule has 19 heavy (non-hydrogen) atoms. The molecule has 8 nitrogen and oxygen atoms in total. The molecule has 0 radical (unpaired) electrons. The Balaban J connectivity index is 1.98. The Kier molecular flexibility index (Phi) is 3.05. The number of hydrogen-bond acceptors (Lipinski definition) is 7. The minimum absolute atomic E-state index is 0.220. The Labute approximate surface area is 108 Å². The Morgan fingerprint density at radius 2 is 2.32 bits per heavy atom. The summed E-state index contributed by atoms with van der Waals surface area (Å²) in [6, 6.07) is 0. The highest BCUT2D eigenvalue weighted by Crippen LogP contribution is 2.31. The SMILES string of the molecule is COc1ncnc2c1ncn2[C@H]1CC(O)[C@@H](CO)O1. The zero-order valence-corrected chi connectivity index (χ0v) is 10.3. The number of imidazole rings is 1. The van der Waals surface area contributed by atoms with Crippen molar-refractivity contribution >= 4 is 11.2 Å². The molecule has 1 aliphatic rings. The van der Waals surface area contributed by atoms with E-state index in [-0.39, 0.29) is 6.61 Å². The molecule has 2 aromatic rings. The quantitative estimate of drug-likeness (QED) is 0.770. The van der Waals surface area contributed by atoms with Crippen LogP contribution in [0.25, 0.3) is 11.2 Å². The molecule has 2 aromatic heterocycles. The summed E-state index contributed by atoms with van der Waals surface area (Å²) >= 11 is 0. The molecule has 1 unspecified atom stereocenters. The van der Waals surface area contributed by atoms with Gasteiger partial charge in [-0.3, -0.25) is 4.57 Å². The molecule has 3 rings (SSSR count). The molecule has 0 aliphatic carbocycles. The maximum absolute atomic E-state index is 9.75. The number of aromatic nitrogens is 4. The van der Waals surface area contributed by atoms with Crippen LogP contribution in [0.15, 0.2) is 12.7 Å². The van der Waals surface area contributed by atoms with Gasteiger partial charge < -0.3 is 19.7 Å². The molecule has 1 aliphatic heterocycles. The molecule has 0 saturated carbocycles. The van der Waals surface area contributed by atoms with Gasteiger partial charge >= 0.3 is 0 Å². The maximum atomic E-state index is 9.75. The number of rotatable bonds is 3. The number of fused-ring (bicyclic) bond motifs is 1. The number of methoxy groups -OCH3 is 1. The molecule has 0 aromatic carbocycles. The van der Waals surface area contributed by atoms with E-state index >= 15 is 0 Å². The second-order valence-corrected chi connectivity index (χ2v) is 4.32. The van der Waals surface area contributed by atoms with Gasteiger partial charge in [-0.25, -0.2) is 9.97 Å². The fourth-order valence-corrected chi connectivity index (χ4v) is 2.24. The first-order valence-corrected chi connectivity index (χ1v) is 5.90. The molecule has 8 heteroatoms. The fourth-order valence-electron chi connectivity index (χ4n) is 2.24. The summed E-state index contributed by atoms with van der Waals surface area (Å²) in [6.07, 6.45) is 1.65. The number of aliphatic hydroxyl groups excluding tert-OH is 2. The number of nitrogens with zero attached hydrogens (tertiary/aromatic N) is 4. The monoisotopic (exact) mass is 266 g/mol. The van der Waals surface area contributed by atoms with Crippen LogP contribution in [0.3, 0.4) is 0 Å². The molecule has 0 bridgehead atoms. The second-order valence-electron chi connectivity index (χ2n) is 4.32. The number of aliphatic hydroxyl groups is 2. The van der Waals surface area contributed by atoms with Gasteiger partial charge in [0.05, 0.1) is 26.1 Å². The van der Waals surface area contributed by atoms with Gasteiger partial charge in [-0.1, -0.05) is 0 Å². The van der Waals surface area contributed by atoms with Gasteiger partial charge in [-0.2, -0.15) is 4.98 Å². The standard InChI is InChI=1S/C11H14N4O4/c1-18-11-9-10(12-4-13-11)15(5-14-9)8-2-6(17)7(3-16)19-8/h4-8,16-17H,2-3H2,1H3/t6?,7-,8-/m1/s1. The normalized spacial score (nSPS) is 27.0. The summed E-state index contributed by atoms with van der Waals surface area (Å²) in [5.41, 5.74) is 1.11. The van der Waals surface area contributed by atoms with E-state index in [1.54, 1.807) is 10.9 Å². The Morgan fingerprint density at radius 1 is 1.47 bits per heavy atom. The van der Waals surface area contributed by atoms with E-state index in [0.717, 1.165) is 0 Å². The van der Waals surface area contributed by atoms with Gasteiger partial charge in [0.1, 0.15) is 18.7 Å². The van der Waals surface area contributed by atoms with Gasteiger partial charge in [0.2, 0.25) is 5.88 Å². The third-order valence-corrected chi connectivity index (χ3v) is 3.21. The van der Waals surface area contributed by atoms with Gasteiger partial charge in [-0.05, 0) is 0 Å². The van der Waals surface area contributed by atoms with Crippen LogP contribution in [0, 0.1) is 0 Å². The lowest BCUT2D eigenvalue weighted by Gasteiger charge is -2.13. The van der Waals surface area contributed by atoms with Crippen molar-refractivity contribution in [3.05, 3.63) is 12.7 Å². The molecular formula is C11H14N4O4. The van der Waals surface area contributed by atoms with E-state index in [4.69, 9.17) is 14.6 Å². The zero-order chi connectivity index (χ0) is 13.4. The lowest BCUT2D eigenvalue weighted by molar-refractivity contribution is -0.0432. The predicted octanol–water partition coefficient (Wildman–Crippen LogP) is -0.524. The van der Waals surface area contributed by atoms with E-state index < -0.39 is 18.4 Å². The van der Waals surface area contributed by atoms with E-state index in [9.17, 15) is 5.11 Å². The summed E-state index contributed by atoms with van der Waals surface area (Å²) in [6.45, 7) is -0.220. The van der Waals surface area contributed by atoms with Crippen molar-refractivity contribution in [1.82, 2.24) is 19.5 Å². The van der Waals surface area contributed by atoms with Gasteiger partial charge in [0, 0.05) is 6.42 Å². The van der Waals surface area contributed by atoms with Crippen LogP contribution in [-0.4, -0.2) is 55.7 Å². The molecule has 1 fully saturated rings. The first-order valence-electron chi connectivity index (χ1n) is 5.90. The van der Waals surface area contributed by atoms with Crippen molar-refractivity contribution in [2.45, 2.75) is 24.9 Å². The van der Waals surface area contributed by atoms with Gasteiger partial charge in [0.15, 0.2) is 11.2 Å². The van der Waals surface area contributed by atoms with Gasteiger partial charge in [-0.15, -0.1) is 0 Å². The molecule has 0 amide bonds. The summed E-state index contributed by atoms with van der Waals surface area (Å²) in [4.78, 5) is 12.3. The largest absolute Gasteiger partial charge is 0.479 e. The minimum Gasteiger partial charge on any atom is -0.479 e. The topological polar surface area (TPSA) is 103 Å². The summed E-state index contributed by atoms with van der Waals surface area (Å²) in [5, 5.41) is 18.8. The lowest BCUT2D eigenvalue weighted by atomic mass is 10.2. The molecular weight excluding hydrogens is 252 g/mol.